The van der Waals surface area contributed by atoms with Crippen molar-refractivity contribution in [1.82, 2.24) is 15.0 Å². The van der Waals surface area contributed by atoms with E-state index in [1.807, 2.05) is 0 Å². The summed E-state index contributed by atoms with van der Waals surface area (Å²) in [6.07, 6.45) is 0. The summed E-state index contributed by atoms with van der Waals surface area (Å²) in [5, 5.41) is 0. The summed E-state index contributed by atoms with van der Waals surface area (Å²) in [6.45, 7) is 5.35. The fourth-order valence-corrected chi connectivity index (χ4v) is 1.25. The van der Waals surface area contributed by atoms with Gasteiger partial charge in [0.2, 0.25) is 17.8 Å². The molecule has 0 bridgehead atoms. The second kappa shape index (κ2) is 6.92. The van der Waals surface area contributed by atoms with Gasteiger partial charge in [-0.2, -0.15) is 15.0 Å². The summed E-state index contributed by atoms with van der Waals surface area (Å²) in [7, 11) is 1.57. The summed E-state index contributed by atoms with van der Waals surface area (Å²) in [6, 6.07) is 0. The first-order valence-corrected chi connectivity index (χ1v) is 5.61. The van der Waals surface area contributed by atoms with E-state index in [9.17, 15) is 0 Å². The van der Waals surface area contributed by atoms with Gasteiger partial charge in [0, 0.05) is 7.11 Å². The molecule has 0 fully saturated rings. The number of anilines is 3. The van der Waals surface area contributed by atoms with Crippen molar-refractivity contribution in [2.24, 2.45) is 5.92 Å². The Hall–Kier alpha value is -1.67. The predicted octanol–water partition coefficient (Wildman–Crippen LogP) is 0.0764. The maximum absolute atomic E-state index is 5.52. The molecule has 102 valence electrons. The average Bonchev–Trinajstić information content (AvgIpc) is 2.26. The Kier molecular flexibility index (Phi) is 5.53. The molecule has 0 amide bonds. The largest absolute Gasteiger partial charge is 0.368 e. The van der Waals surface area contributed by atoms with Gasteiger partial charge in [0.05, 0.1) is 6.61 Å². The van der Waals surface area contributed by atoms with Gasteiger partial charge in [0.25, 0.3) is 0 Å². The van der Waals surface area contributed by atoms with E-state index in [2.05, 4.69) is 28.8 Å². The number of hydrogen-bond acceptors (Lipinski definition) is 8. The molecule has 0 aliphatic carbocycles. The minimum atomic E-state index is 0.0717. The fourth-order valence-electron chi connectivity index (χ4n) is 1.25. The van der Waals surface area contributed by atoms with Gasteiger partial charge >= 0.3 is 0 Å². The monoisotopic (exact) mass is 256 g/mol. The minimum Gasteiger partial charge on any atom is -0.368 e. The third-order valence-corrected chi connectivity index (χ3v) is 1.92. The van der Waals surface area contributed by atoms with Crippen molar-refractivity contribution in [3.8, 4) is 0 Å². The molecule has 0 unspecified atom stereocenters. The van der Waals surface area contributed by atoms with Gasteiger partial charge in [-0.15, -0.1) is 0 Å². The van der Waals surface area contributed by atoms with Crippen molar-refractivity contribution >= 4 is 17.8 Å². The molecule has 8 nitrogen and oxygen atoms in total. The van der Waals surface area contributed by atoms with Crippen LogP contribution in [0.5, 0.6) is 0 Å². The Labute approximate surface area is 106 Å². The van der Waals surface area contributed by atoms with Gasteiger partial charge in [-0.1, -0.05) is 13.8 Å². The lowest BCUT2D eigenvalue weighted by molar-refractivity contribution is 0.0868. The predicted molar refractivity (Wildman–Crippen MR) is 68.7 cm³/mol. The van der Waals surface area contributed by atoms with Crippen LogP contribution in [0.4, 0.5) is 17.8 Å². The van der Waals surface area contributed by atoms with Crippen molar-refractivity contribution in [2.45, 2.75) is 13.8 Å². The molecule has 0 aromatic carbocycles. The molecule has 0 aliphatic heterocycles. The quantitative estimate of drug-likeness (QED) is 0.659. The molecule has 0 spiro atoms. The minimum absolute atomic E-state index is 0.0717. The molecule has 0 radical (unpaired) electrons. The zero-order valence-corrected chi connectivity index (χ0v) is 11.0. The smallest absolute Gasteiger partial charge is 0.235 e. The van der Waals surface area contributed by atoms with Crippen LogP contribution in [0.25, 0.3) is 0 Å². The Balaban J connectivity index is 2.70. The summed E-state index contributed by atoms with van der Waals surface area (Å²) in [4.78, 5) is 13.4. The molecule has 18 heavy (non-hydrogen) atoms. The van der Waals surface area contributed by atoms with E-state index < -0.39 is 0 Å². The van der Waals surface area contributed by atoms with Crippen molar-refractivity contribution in [1.29, 1.82) is 0 Å². The van der Waals surface area contributed by atoms with Gasteiger partial charge in [-0.25, -0.2) is 0 Å². The van der Waals surface area contributed by atoms with Crippen LogP contribution in [-0.4, -0.2) is 42.1 Å². The molecule has 0 saturated carbocycles. The maximum atomic E-state index is 5.52. The van der Waals surface area contributed by atoms with Gasteiger partial charge in [0.1, 0.15) is 13.5 Å². The van der Waals surface area contributed by atoms with Gasteiger partial charge in [0.15, 0.2) is 0 Å². The standard InChI is InChI=1S/C10H20N6O2/c1-7(2)4-18-6-16(5-17-3)10-14-8(11)13-9(12)15-10/h7H,4-6H2,1-3H3,(H4,11,12,13,14,15). The first-order valence-electron chi connectivity index (χ1n) is 5.61. The van der Waals surface area contributed by atoms with Crippen LogP contribution in [0.2, 0.25) is 0 Å². The molecule has 1 rings (SSSR count). The number of rotatable bonds is 7. The Morgan fingerprint density at radius 2 is 1.72 bits per heavy atom. The van der Waals surface area contributed by atoms with Crippen LogP contribution in [0, 0.1) is 5.92 Å². The maximum Gasteiger partial charge on any atom is 0.235 e. The number of nitrogen functional groups attached to an aromatic ring is 2. The third kappa shape index (κ3) is 4.68. The van der Waals surface area contributed by atoms with E-state index in [1.165, 1.54) is 0 Å². The molecule has 4 N–H and O–H groups in total. The normalized spacial score (nSPS) is 10.9. The van der Waals surface area contributed by atoms with Crippen LogP contribution < -0.4 is 16.4 Å². The first-order chi connectivity index (χ1) is 8.52. The average molecular weight is 256 g/mol. The van der Waals surface area contributed by atoms with Crippen LogP contribution in [0.15, 0.2) is 0 Å². The lowest BCUT2D eigenvalue weighted by Gasteiger charge is -2.22. The van der Waals surface area contributed by atoms with E-state index in [0.717, 1.165) is 0 Å². The van der Waals surface area contributed by atoms with E-state index in [4.69, 9.17) is 20.9 Å². The topological polar surface area (TPSA) is 112 Å². The van der Waals surface area contributed by atoms with E-state index in [0.29, 0.717) is 25.2 Å². The highest BCUT2D eigenvalue weighted by atomic mass is 16.5. The summed E-state index contributed by atoms with van der Waals surface area (Å²) >= 11 is 0. The summed E-state index contributed by atoms with van der Waals surface area (Å²) < 4.78 is 10.6. The zero-order valence-electron chi connectivity index (χ0n) is 11.0. The number of nitrogens with two attached hydrogens (primary N) is 2. The Morgan fingerprint density at radius 3 is 2.22 bits per heavy atom. The molecule has 0 saturated heterocycles. The molecule has 0 atom stereocenters. The molecule has 1 aromatic rings. The van der Waals surface area contributed by atoms with Crippen LogP contribution in [-0.2, 0) is 9.47 Å². The van der Waals surface area contributed by atoms with Crippen LogP contribution in [0.1, 0.15) is 13.8 Å². The number of hydrogen-bond donors (Lipinski definition) is 2. The lowest BCUT2D eigenvalue weighted by Crippen LogP contribution is -2.31. The first kappa shape index (κ1) is 14.4. The molecule has 8 heteroatoms. The van der Waals surface area contributed by atoms with Gasteiger partial charge in [-0.3, -0.25) is 4.90 Å². The summed E-state index contributed by atoms with van der Waals surface area (Å²) in [5.74, 6) is 0.929. The second-order valence-corrected chi connectivity index (χ2v) is 4.20. The zero-order chi connectivity index (χ0) is 13.5. The summed E-state index contributed by atoms with van der Waals surface area (Å²) in [5.41, 5.74) is 11.0. The number of ether oxygens (including phenoxy) is 2. The van der Waals surface area contributed by atoms with Gasteiger partial charge < -0.3 is 20.9 Å². The van der Waals surface area contributed by atoms with Crippen LogP contribution in [0.3, 0.4) is 0 Å². The van der Waals surface area contributed by atoms with Crippen molar-refractivity contribution < 1.29 is 9.47 Å². The fraction of sp³-hybridized carbons (Fsp3) is 0.700. The lowest BCUT2D eigenvalue weighted by atomic mass is 10.2. The second-order valence-electron chi connectivity index (χ2n) is 4.20. The highest BCUT2D eigenvalue weighted by Gasteiger charge is 2.12. The highest BCUT2D eigenvalue weighted by molar-refractivity contribution is 5.38. The Bertz CT molecular complexity index is 353. The van der Waals surface area contributed by atoms with E-state index in [1.54, 1.807) is 12.0 Å². The number of methoxy groups -OCH3 is 1. The number of nitrogens with zero attached hydrogens (tertiary/aromatic N) is 4. The SMILES string of the molecule is COCN(COCC(C)C)c1nc(N)nc(N)n1. The van der Waals surface area contributed by atoms with Crippen LogP contribution >= 0.6 is 0 Å². The molecular weight excluding hydrogens is 236 g/mol. The van der Waals surface area contributed by atoms with E-state index in [-0.39, 0.29) is 18.6 Å². The Morgan fingerprint density at radius 1 is 1.11 bits per heavy atom. The number of aromatic nitrogens is 3. The highest BCUT2D eigenvalue weighted by Crippen LogP contribution is 2.10. The van der Waals surface area contributed by atoms with Gasteiger partial charge in [-0.05, 0) is 5.92 Å². The van der Waals surface area contributed by atoms with Crippen molar-refractivity contribution in [3.05, 3.63) is 0 Å². The van der Waals surface area contributed by atoms with E-state index >= 15 is 0 Å². The molecular formula is C10H20N6O2. The molecule has 1 aromatic heterocycles. The molecule has 0 aliphatic rings. The van der Waals surface area contributed by atoms with Crippen molar-refractivity contribution in [3.63, 3.8) is 0 Å². The molecule has 1 heterocycles. The van der Waals surface area contributed by atoms with Crippen molar-refractivity contribution in [2.75, 3.05) is 43.5 Å². The third-order valence-electron chi connectivity index (χ3n) is 1.92.